The average Bonchev–Trinajstić information content (AvgIpc) is 1.62. The molecule has 0 spiro atoms. The van der Waals surface area contributed by atoms with Crippen LogP contribution in [0, 0.1) is 94.1 Å². The fourth-order valence-corrected chi connectivity index (χ4v) is 20.3. The number of pyridine rings is 4. The van der Waals surface area contributed by atoms with E-state index in [9.17, 15) is 0 Å². The average molecular weight is 2660 g/mol. The molecule has 0 amide bonds. The van der Waals surface area contributed by atoms with Gasteiger partial charge in [0.1, 0.15) is 23.3 Å². The second-order valence-corrected chi connectivity index (χ2v) is 36.0. The molecule has 12 heterocycles. The molecule has 4 aliphatic rings. The Morgan fingerprint density at radius 1 is 0.284 bits per heavy atom. The maximum atomic E-state index is 4.72. The van der Waals surface area contributed by atoms with Crippen molar-refractivity contribution in [2.75, 3.05) is 65.1 Å². The first-order valence-electron chi connectivity index (χ1n) is 47.2. The number of rotatable bonds is 18. The second kappa shape index (κ2) is 44.7. The Bertz CT molecular complexity index is 8670. The molecule has 4 N–H and O–H groups in total. The van der Waals surface area contributed by atoms with Gasteiger partial charge in [0.2, 0.25) is 0 Å². The molecule has 0 fully saturated rings. The third-order valence-electron chi connectivity index (χ3n) is 25.8. The van der Waals surface area contributed by atoms with Crippen LogP contribution in [0.1, 0.15) is 16.7 Å². The molecule has 14 aromatic carbocycles. The van der Waals surface area contributed by atoms with Crippen molar-refractivity contribution in [1.29, 1.82) is 0 Å². The third-order valence-corrected chi connectivity index (χ3v) is 26.8. The number of para-hydroxylation sites is 5. The summed E-state index contributed by atoms with van der Waals surface area (Å²) in [6.45, 7) is 6.52. The Labute approximate surface area is 921 Å². The molecule has 0 unspecified atom stereocenters. The molecular weight excluding hydrogens is 2570 g/mol. The third kappa shape index (κ3) is 19.9. The predicted molar refractivity (Wildman–Crippen MR) is 581 cm³/mol. The van der Waals surface area contributed by atoms with Crippen LogP contribution in [-0.2, 0) is 84.3 Å². The number of nitrogens with one attached hydrogen (secondary N) is 4. The van der Waals surface area contributed by atoms with Crippen LogP contribution in [-0.4, -0.2) is 101 Å². The number of benzene rings is 14. The molecule has 22 aromatic rings. The second-order valence-electron chi connectivity index (χ2n) is 34.9. The number of hydrazine groups is 8. The quantitative estimate of drug-likeness (QED) is 0.0476. The minimum atomic E-state index is -0.0695. The van der Waals surface area contributed by atoms with Crippen LogP contribution in [0.15, 0.2) is 393 Å². The largest absolute Gasteiger partial charge is 0.449 e. The minimum absolute atomic E-state index is 0. The molecule has 8 aromatic heterocycles. The molecule has 0 radical (unpaired) electrons. The van der Waals surface area contributed by atoms with Crippen molar-refractivity contribution in [2.45, 2.75) is 30.6 Å². The topological polar surface area (TPSA) is 152 Å². The smallest absolute Gasteiger partial charge is 0.190 e. The number of aromatic nitrogens is 8. The van der Waals surface area contributed by atoms with Gasteiger partial charge in [0.25, 0.3) is 0 Å². The Kier molecular flexibility index (Phi) is 30.6. The molecule has 0 bridgehead atoms. The summed E-state index contributed by atoms with van der Waals surface area (Å²) in [6.07, 6.45) is 27.1. The van der Waals surface area contributed by atoms with Crippen LogP contribution in [0.25, 0.3) is 110 Å². The first kappa shape index (κ1) is 101. The van der Waals surface area contributed by atoms with E-state index in [1.165, 1.54) is 43.7 Å². The standard InChI is InChI=1S/C35H29BN5.C32H23N6.C27H21N6.C26H18N5S.4Pt/c1-24-20-25(2)35(26(3)21-24)36(27-10-9-11-29(22-27)40-19-18-38-39(40)4)28-15-16-31-30-12-5-6-13-32(30)41(33(31)23-28)34-14-7-8-17-37-34;1-35-34-20-21-36(35)25-12-9-13-26(22-25)37(24-10-3-2-4-11-24)27-17-18-29-28-14-5-6-15-30(28)38(31(29)23-27)32-16-7-8-19-33-32;1-30(20-8-7-9-22(18-20)32-17-16-29-31(32)2)21-13-14-24-23-10-3-4-11-25(23)33(26(24)19-21)27-12-5-6-15-28-27;1-29-28-15-16-30(29)19-7-6-8-20(17-19)32-21-12-13-23-22-9-2-3-10-24(22)31(25(23)18-21)26-11-4-5-14-27-26;;;;/h5-18,20-21,38H,1-4H3;2-20,34H,1H3;3-16,29H,1-2H3;2-15,28H,1H3;;;;/q4*-3;;;;. The van der Waals surface area contributed by atoms with E-state index in [-0.39, 0.29) is 91.0 Å². The Balaban J connectivity index is 0.000000124. The Morgan fingerprint density at radius 2 is 0.615 bits per heavy atom. The molecule has 4 aliphatic heterocycles. The van der Waals surface area contributed by atoms with Crippen LogP contribution in [0.4, 0.5) is 51.2 Å². The van der Waals surface area contributed by atoms with Crippen LogP contribution >= 0.6 is 11.8 Å². The van der Waals surface area contributed by atoms with E-state index in [0.717, 1.165) is 161 Å². The number of anilines is 9. The normalized spacial score (nSPS) is 13.2. The van der Waals surface area contributed by atoms with Crippen molar-refractivity contribution in [2.24, 2.45) is 0 Å². The number of hydrogen-bond acceptors (Lipinski definition) is 19. The van der Waals surface area contributed by atoms with Gasteiger partial charge in [-0.15, -0.1) is 104 Å². The van der Waals surface area contributed by atoms with Gasteiger partial charge in [-0.05, 0) is 127 Å². The Hall–Kier alpha value is -15.2. The summed E-state index contributed by atoms with van der Waals surface area (Å²) in [5.74, 6) is 3.50. The van der Waals surface area contributed by atoms with Crippen molar-refractivity contribution in [1.82, 2.24) is 80.4 Å². The first-order valence-corrected chi connectivity index (χ1v) is 48.0. The van der Waals surface area contributed by atoms with Gasteiger partial charge in [0.05, 0.1) is 0 Å². The number of hydrogen-bond donors (Lipinski definition) is 4. The SMILES string of the molecule is CN(c1[c-]c(N2[C-]=CNN2C)ccc1)c1[c-]c2c(cc1)c1ccccc1n2-c1ccccn1.CN1NC=[C-]N1c1[c-]c(N(c2[c-]c3c(cc2)c2ccccc2n3-c2ccccn2)c2ccccc2)ccc1.CN1NC=[C-]N1c1[c-]c(Sc2[c-]c3c(cc2)c2ccccc2n3-c2ccccn2)ccc1.Cc1cc(C)c(B(c2[c-]c(N3[C-]=CNN3C)ccc2)c2[c-]c3c(cc2)c2ccccc2n3-c2ccccn2)c(C)c1.[Pt].[Pt].[Pt].[Pt]. The fourth-order valence-electron chi connectivity index (χ4n) is 19.4. The maximum Gasteiger partial charge on any atom is 0.190 e. The van der Waals surface area contributed by atoms with Crippen LogP contribution < -0.4 is 67.9 Å². The van der Waals surface area contributed by atoms with E-state index >= 15 is 0 Å². The zero-order valence-electron chi connectivity index (χ0n) is 81.2. The molecule has 0 aliphatic carbocycles. The molecule has 742 valence electrons. The van der Waals surface area contributed by atoms with Gasteiger partial charge in [0, 0.05) is 172 Å². The van der Waals surface area contributed by atoms with Gasteiger partial charge in [0.15, 0.2) is 6.71 Å². The van der Waals surface area contributed by atoms with E-state index in [0.29, 0.717) is 0 Å². The molecule has 0 atom stereocenters. The molecule has 28 heteroatoms. The number of fused-ring (bicyclic) bond motifs is 12. The zero-order chi connectivity index (χ0) is 97.4. The Morgan fingerprint density at radius 3 is 1.05 bits per heavy atom. The summed E-state index contributed by atoms with van der Waals surface area (Å²) in [5, 5.41) is 24.4. The summed E-state index contributed by atoms with van der Waals surface area (Å²) in [4.78, 5) is 24.9. The van der Waals surface area contributed by atoms with Crippen molar-refractivity contribution in [3.05, 3.63) is 473 Å². The first-order chi connectivity index (χ1) is 70.7. The van der Waals surface area contributed by atoms with Crippen molar-refractivity contribution >= 4 is 173 Å². The van der Waals surface area contributed by atoms with Gasteiger partial charge in [-0.25, -0.2) is 90.6 Å². The van der Waals surface area contributed by atoms with Gasteiger partial charge >= 0.3 is 0 Å². The molecule has 0 saturated heterocycles. The van der Waals surface area contributed by atoms with Crippen molar-refractivity contribution in [3.63, 3.8) is 0 Å². The monoisotopic (exact) mass is 2660 g/mol. The van der Waals surface area contributed by atoms with E-state index in [4.69, 9.17) is 4.98 Å². The van der Waals surface area contributed by atoms with Gasteiger partial charge in [-0.3, -0.25) is 6.07 Å². The van der Waals surface area contributed by atoms with Gasteiger partial charge in [-0.1, -0.05) is 219 Å². The van der Waals surface area contributed by atoms with E-state index < -0.39 is 0 Å². The van der Waals surface area contributed by atoms with Crippen molar-refractivity contribution in [3.8, 4) is 23.3 Å². The molecule has 26 rings (SSSR count). The van der Waals surface area contributed by atoms with Gasteiger partial charge < -0.3 is 69.8 Å². The zero-order valence-corrected chi connectivity index (χ0v) is 91.1. The van der Waals surface area contributed by atoms with Crippen LogP contribution in [0.3, 0.4) is 0 Å². The summed E-state index contributed by atoms with van der Waals surface area (Å²) in [5.41, 5.74) is 36.4. The van der Waals surface area contributed by atoms with E-state index in [1.54, 1.807) is 36.6 Å². The van der Waals surface area contributed by atoms with Crippen LogP contribution in [0.5, 0.6) is 0 Å². The number of nitrogens with zero attached hydrogens (tertiary/aromatic N) is 18. The molecule has 148 heavy (non-hydrogen) atoms. The van der Waals surface area contributed by atoms with Crippen molar-refractivity contribution < 1.29 is 84.3 Å². The van der Waals surface area contributed by atoms with E-state index in [2.05, 4.69) is 365 Å². The van der Waals surface area contributed by atoms with Gasteiger partial charge in [-0.2, -0.15) is 111 Å². The summed E-state index contributed by atoms with van der Waals surface area (Å²) < 4.78 is 8.76. The molecular formula is C120H91BN22Pt4S-12. The maximum absolute atomic E-state index is 4.72. The molecule has 0 saturated carbocycles. The number of aryl methyl sites for hydroxylation is 3. The molecule has 22 nitrogen and oxygen atoms in total. The summed E-state index contributed by atoms with van der Waals surface area (Å²) >= 11 is 1.64. The predicted octanol–water partition coefficient (Wildman–Crippen LogP) is 21.7. The summed E-state index contributed by atoms with van der Waals surface area (Å²) in [6, 6.07) is 144. The van der Waals surface area contributed by atoms with Crippen LogP contribution in [0.2, 0.25) is 0 Å². The van der Waals surface area contributed by atoms with E-state index in [1.807, 2.05) is 228 Å². The summed E-state index contributed by atoms with van der Waals surface area (Å²) in [7, 11) is 9.79. The fraction of sp³-hybridized carbons (Fsp3) is 0.0667. The minimum Gasteiger partial charge on any atom is -0.449 e.